The van der Waals surface area contributed by atoms with E-state index >= 15 is 0 Å². The summed E-state index contributed by atoms with van der Waals surface area (Å²) in [6, 6.07) is 5.29. The van der Waals surface area contributed by atoms with Crippen molar-refractivity contribution >= 4 is 33.4 Å². The van der Waals surface area contributed by atoms with Gasteiger partial charge in [0.15, 0.2) is 0 Å². The molecule has 1 aliphatic carbocycles. The van der Waals surface area contributed by atoms with E-state index in [2.05, 4.69) is 21.2 Å². The van der Waals surface area contributed by atoms with Gasteiger partial charge in [-0.1, -0.05) is 22.0 Å². The lowest BCUT2D eigenvalue weighted by Crippen LogP contribution is -2.69. The minimum atomic E-state index is -0.763. The lowest BCUT2D eigenvalue weighted by Gasteiger charge is -2.43. The molecule has 1 aliphatic heterocycles. The lowest BCUT2D eigenvalue weighted by molar-refractivity contribution is -0.138. The van der Waals surface area contributed by atoms with Crippen LogP contribution in [0.25, 0.3) is 0 Å². The molecular formula is C16H19BrN2O2. The van der Waals surface area contributed by atoms with Crippen molar-refractivity contribution in [2.75, 3.05) is 4.90 Å². The Morgan fingerprint density at radius 2 is 2.00 bits per heavy atom. The van der Waals surface area contributed by atoms with Crippen molar-refractivity contribution in [3.05, 3.63) is 28.2 Å². The monoisotopic (exact) mass is 350 g/mol. The van der Waals surface area contributed by atoms with Crippen LogP contribution in [0.2, 0.25) is 0 Å². The third-order valence-corrected chi connectivity index (χ3v) is 5.49. The summed E-state index contributed by atoms with van der Waals surface area (Å²) in [6.07, 6.45) is 2.00. The van der Waals surface area contributed by atoms with Crippen LogP contribution in [0, 0.1) is 12.8 Å². The van der Waals surface area contributed by atoms with E-state index < -0.39 is 11.6 Å². The number of carbonyl (C=O) groups is 2. The maximum atomic E-state index is 13.0. The fourth-order valence-electron chi connectivity index (χ4n) is 2.97. The van der Waals surface area contributed by atoms with Crippen molar-refractivity contribution in [2.45, 2.75) is 45.2 Å². The minimum absolute atomic E-state index is 0.00662. The first kappa shape index (κ1) is 14.6. The van der Waals surface area contributed by atoms with Crippen LogP contribution in [-0.2, 0) is 9.59 Å². The van der Waals surface area contributed by atoms with E-state index in [1.807, 2.05) is 32.0 Å². The number of nitrogens with zero attached hydrogens (tertiary/aromatic N) is 1. The minimum Gasteiger partial charge on any atom is -0.340 e. The molecule has 2 unspecified atom stereocenters. The van der Waals surface area contributed by atoms with Crippen LogP contribution in [0.1, 0.15) is 32.3 Å². The molecule has 0 radical (unpaired) electrons. The summed E-state index contributed by atoms with van der Waals surface area (Å²) in [6.45, 7) is 5.62. The zero-order chi connectivity index (χ0) is 15.4. The SMILES string of the molecule is Cc1ccc(N2C(=O)C(C)(C3CC3)NC(=O)C2C)cc1Br. The van der Waals surface area contributed by atoms with E-state index in [-0.39, 0.29) is 17.7 Å². The summed E-state index contributed by atoms with van der Waals surface area (Å²) in [4.78, 5) is 26.9. The standard InChI is InChI=1S/C16H19BrN2O2/c1-9-4-7-12(8-13(9)17)19-10(2)14(20)18-16(3,15(19)21)11-5-6-11/h4,7-8,10-11H,5-6H2,1-3H3,(H,18,20). The molecule has 0 spiro atoms. The summed E-state index contributed by atoms with van der Waals surface area (Å²) in [5.41, 5.74) is 1.11. The van der Waals surface area contributed by atoms with Crippen molar-refractivity contribution in [3.8, 4) is 0 Å². The molecule has 1 saturated heterocycles. The highest BCUT2D eigenvalue weighted by Crippen LogP contribution is 2.43. The summed E-state index contributed by atoms with van der Waals surface area (Å²) < 4.78 is 0.944. The molecule has 4 nitrogen and oxygen atoms in total. The van der Waals surface area contributed by atoms with Crippen LogP contribution >= 0.6 is 15.9 Å². The Bertz CT molecular complexity index is 627. The number of rotatable bonds is 2. The van der Waals surface area contributed by atoms with E-state index in [1.165, 1.54) is 0 Å². The van der Waals surface area contributed by atoms with Gasteiger partial charge in [-0.2, -0.15) is 0 Å². The average molecular weight is 351 g/mol. The topological polar surface area (TPSA) is 49.4 Å². The second-order valence-corrected chi connectivity index (χ2v) is 7.10. The second kappa shape index (κ2) is 4.83. The van der Waals surface area contributed by atoms with Crippen molar-refractivity contribution in [3.63, 3.8) is 0 Å². The predicted octanol–water partition coefficient (Wildman–Crippen LogP) is 2.78. The Morgan fingerprint density at radius 3 is 2.57 bits per heavy atom. The molecule has 112 valence electrons. The lowest BCUT2D eigenvalue weighted by atomic mass is 9.89. The molecule has 3 rings (SSSR count). The Kier molecular flexibility index (Phi) is 3.35. The van der Waals surface area contributed by atoms with Crippen molar-refractivity contribution < 1.29 is 9.59 Å². The van der Waals surface area contributed by atoms with Crippen LogP contribution < -0.4 is 10.2 Å². The molecule has 1 aromatic carbocycles. The molecule has 5 heteroatoms. The zero-order valence-corrected chi connectivity index (χ0v) is 14.0. The number of amides is 2. The Hall–Kier alpha value is -1.36. The smallest absolute Gasteiger partial charge is 0.253 e. The summed E-state index contributed by atoms with van der Waals surface area (Å²) >= 11 is 3.50. The number of nitrogens with one attached hydrogen (secondary N) is 1. The van der Waals surface area contributed by atoms with E-state index in [0.29, 0.717) is 0 Å². The van der Waals surface area contributed by atoms with Gasteiger partial charge in [-0.3, -0.25) is 14.5 Å². The average Bonchev–Trinajstić information content (AvgIpc) is 3.26. The number of piperazine rings is 1. The van der Waals surface area contributed by atoms with Crippen LogP contribution in [0.15, 0.2) is 22.7 Å². The van der Waals surface area contributed by atoms with Gasteiger partial charge >= 0.3 is 0 Å². The third kappa shape index (κ3) is 2.27. The fraction of sp³-hybridized carbons (Fsp3) is 0.500. The van der Waals surface area contributed by atoms with Gasteiger partial charge in [0, 0.05) is 10.2 Å². The number of carbonyl (C=O) groups excluding carboxylic acids is 2. The van der Waals surface area contributed by atoms with Gasteiger partial charge in [0.05, 0.1) is 0 Å². The molecule has 1 aromatic rings. The molecule has 0 bridgehead atoms. The van der Waals surface area contributed by atoms with Gasteiger partial charge in [-0.05, 0) is 57.2 Å². The molecule has 2 aliphatic rings. The summed E-state index contributed by atoms with van der Waals surface area (Å²) in [5, 5.41) is 2.94. The van der Waals surface area contributed by atoms with Gasteiger partial charge < -0.3 is 5.32 Å². The van der Waals surface area contributed by atoms with Crippen LogP contribution in [0.4, 0.5) is 5.69 Å². The van der Waals surface area contributed by atoms with Crippen LogP contribution in [-0.4, -0.2) is 23.4 Å². The maximum absolute atomic E-state index is 13.0. The first-order valence-electron chi connectivity index (χ1n) is 7.26. The van der Waals surface area contributed by atoms with Gasteiger partial charge in [-0.25, -0.2) is 0 Å². The Morgan fingerprint density at radius 1 is 1.33 bits per heavy atom. The number of hydrogen-bond donors (Lipinski definition) is 1. The van der Waals surface area contributed by atoms with Gasteiger partial charge in [0.1, 0.15) is 11.6 Å². The highest BCUT2D eigenvalue weighted by atomic mass is 79.9. The van der Waals surface area contributed by atoms with Crippen molar-refractivity contribution in [2.24, 2.45) is 5.92 Å². The zero-order valence-electron chi connectivity index (χ0n) is 12.4. The normalized spacial score (nSPS) is 29.5. The molecule has 1 saturated carbocycles. The molecule has 1 N–H and O–H groups in total. The molecular weight excluding hydrogens is 332 g/mol. The molecule has 0 aromatic heterocycles. The first-order chi connectivity index (χ1) is 9.84. The molecule has 1 heterocycles. The first-order valence-corrected chi connectivity index (χ1v) is 8.05. The summed E-state index contributed by atoms with van der Waals surface area (Å²) in [5.74, 6) is 0.173. The maximum Gasteiger partial charge on any atom is 0.253 e. The highest BCUT2D eigenvalue weighted by Gasteiger charge is 2.54. The Labute approximate surface area is 133 Å². The molecule has 2 amide bonds. The van der Waals surface area contributed by atoms with E-state index in [9.17, 15) is 9.59 Å². The van der Waals surface area contributed by atoms with E-state index in [0.717, 1.165) is 28.6 Å². The largest absolute Gasteiger partial charge is 0.340 e. The van der Waals surface area contributed by atoms with Crippen LogP contribution in [0.5, 0.6) is 0 Å². The number of benzene rings is 1. The Balaban J connectivity index is 2.03. The van der Waals surface area contributed by atoms with Crippen molar-refractivity contribution in [1.29, 1.82) is 0 Å². The highest BCUT2D eigenvalue weighted by molar-refractivity contribution is 9.10. The van der Waals surface area contributed by atoms with E-state index in [1.54, 1.807) is 11.8 Å². The predicted molar refractivity (Wildman–Crippen MR) is 85.1 cm³/mol. The molecule has 2 fully saturated rings. The fourth-order valence-corrected chi connectivity index (χ4v) is 3.33. The van der Waals surface area contributed by atoms with Gasteiger partial charge in [0.2, 0.25) is 5.91 Å². The number of anilines is 1. The number of halogens is 1. The van der Waals surface area contributed by atoms with Gasteiger partial charge in [-0.15, -0.1) is 0 Å². The second-order valence-electron chi connectivity index (χ2n) is 6.25. The van der Waals surface area contributed by atoms with Gasteiger partial charge in [0.25, 0.3) is 5.91 Å². The number of aryl methyl sites for hydroxylation is 1. The van der Waals surface area contributed by atoms with Crippen LogP contribution in [0.3, 0.4) is 0 Å². The molecule has 21 heavy (non-hydrogen) atoms. The van der Waals surface area contributed by atoms with Crippen molar-refractivity contribution in [1.82, 2.24) is 5.32 Å². The quantitative estimate of drug-likeness (QED) is 0.891. The summed E-state index contributed by atoms with van der Waals surface area (Å²) in [7, 11) is 0. The molecule has 2 atom stereocenters. The van der Waals surface area contributed by atoms with E-state index in [4.69, 9.17) is 0 Å². The number of hydrogen-bond acceptors (Lipinski definition) is 2. The third-order valence-electron chi connectivity index (χ3n) is 4.64.